The third kappa shape index (κ3) is 3.32. The van der Waals surface area contributed by atoms with E-state index in [1.54, 1.807) is 53.4 Å². The number of phenols is 1. The van der Waals surface area contributed by atoms with Gasteiger partial charge in [-0.3, -0.25) is 14.3 Å². The predicted octanol–water partition coefficient (Wildman–Crippen LogP) is 2.21. The maximum atomic E-state index is 10.8. The Bertz CT molecular complexity index is 818. The number of carboxylic acid groups (broad SMARTS) is 1. The fourth-order valence-corrected chi connectivity index (χ4v) is 2.68. The standard InChI is InChI=1S/C15H12N4O3S/c20-12-3-1-11(2-4-12)19-14(10-5-7-16-8-6-10)17-18-15(19)23-9-13(21)22/h1-8,20H,9H2,(H,21,22). The van der Waals surface area contributed by atoms with Gasteiger partial charge >= 0.3 is 5.97 Å². The van der Waals surface area contributed by atoms with Crippen LogP contribution in [0, 0.1) is 0 Å². The van der Waals surface area contributed by atoms with Gasteiger partial charge in [-0.15, -0.1) is 10.2 Å². The molecule has 3 rings (SSSR count). The SMILES string of the molecule is O=C(O)CSc1nnc(-c2ccncc2)n1-c1ccc(O)cc1. The molecule has 0 unspecified atom stereocenters. The molecular weight excluding hydrogens is 316 g/mol. The van der Waals surface area contributed by atoms with E-state index in [0.717, 1.165) is 23.0 Å². The van der Waals surface area contributed by atoms with Crippen LogP contribution in [-0.2, 0) is 4.79 Å². The van der Waals surface area contributed by atoms with Crippen molar-refractivity contribution in [3.05, 3.63) is 48.8 Å². The van der Waals surface area contributed by atoms with E-state index in [2.05, 4.69) is 15.2 Å². The highest BCUT2D eigenvalue weighted by Gasteiger charge is 2.17. The van der Waals surface area contributed by atoms with Crippen molar-refractivity contribution < 1.29 is 15.0 Å². The minimum absolute atomic E-state index is 0.118. The molecule has 2 N–H and O–H groups in total. The van der Waals surface area contributed by atoms with Crippen LogP contribution in [0.3, 0.4) is 0 Å². The number of rotatable bonds is 5. The smallest absolute Gasteiger partial charge is 0.313 e. The van der Waals surface area contributed by atoms with Crippen LogP contribution in [0.1, 0.15) is 0 Å². The number of aromatic nitrogens is 4. The molecule has 8 heteroatoms. The lowest BCUT2D eigenvalue weighted by Crippen LogP contribution is -2.03. The Labute approximate surface area is 135 Å². The number of carbonyl (C=O) groups is 1. The van der Waals surface area contributed by atoms with E-state index in [1.807, 2.05) is 0 Å². The van der Waals surface area contributed by atoms with Gasteiger partial charge in [0, 0.05) is 23.6 Å². The Kier molecular flexibility index (Phi) is 4.24. The molecule has 23 heavy (non-hydrogen) atoms. The third-order valence-electron chi connectivity index (χ3n) is 3.00. The Morgan fingerprint density at radius 1 is 1.09 bits per heavy atom. The number of nitrogens with zero attached hydrogens (tertiary/aromatic N) is 4. The molecule has 0 saturated heterocycles. The van der Waals surface area contributed by atoms with Crippen LogP contribution in [0.25, 0.3) is 17.1 Å². The molecule has 1 aromatic carbocycles. The van der Waals surface area contributed by atoms with Gasteiger partial charge in [0.25, 0.3) is 0 Å². The number of benzene rings is 1. The highest BCUT2D eigenvalue weighted by atomic mass is 32.2. The number of pyridine rings is 1. The maximum absolute atomic E-state index is 10.8. The summed E-state index contributed by atoms with van der Waals surface area (Å²) >= 11 is 1.08. The summed E-state index contributed by atoms with van der Waals surface area (Å²) in [6.45, 7) is 0. The second-order valence-corrected chi connectivity index (χ2v) is 5.52. The number of thioether (sulfide) groups is 1. The average Bonchev–Trinajstić information content (AvgIpc) is 2.98. The van der Waals surface area contributed by atoms with E-state index in [0.29, 0.717) is 11.0 Å². The van der Waals surface area contributed by atoms with E-state index in [9.17, 15) is 9.90 Å². The zero-order valence-electron chi connectivity index (χ0n) is 11.8. The first-order valence-corrected chi connectivity index (χ1v) is 7.63. The van der Waals surface area contributed by atoms with Crippen molar-refractivity contribution in [2.24, 2.45) is 0 Å². The molecule has 2 heterocycles. The number of hydrogen-bond acceptors (Lipinski definition) is 6. The molecule has 0 bridgehead atoms. The maximum Gasteiger partial charge on any atom is 0.313 e. The molecule has 0 saturated carbocycles. The zero-order chi connectivity index (χ0) is 16.2. The van der Waals surface area contributed by atoms with E-state index in [4.69, 9.17) is 5.11 Å². The fourth-order valence-electron chi connectivity index (χ4n) is 2.01. The summed E-state index contributed by atoms with van der Waals surface area (Å²) in [6, 6.07) is 10.1. The molecule has 0 aliphatic rings. The van der Waals surface area contributed by atoms with Gasteiger partial charge in [0.15, 0.2) is 11.0 Å². The summed E-state index contributed by atoms with van der Waals surface area (Å²) in [7, 11) is 0. The largest absolute Gasteiger partial charge is 0.508 e. The molecule has 2 aromatic heterocycles. The van der Waals surface area contributed by atoms with E-state index in [-0.39, 0.29) is 11.5 Å². The average molecular weight is 328 g/mol. The normalized spacial score (nSPS) is 10.6. The highest BCUT2D eigenvalue weighted by molar-refractivity contribution is 7.99. The molecule has 116 valence electrons. The summed E-state index contributed by atoms with van der Waals surface area (Å²) in [6.07, 6.45) is 3.30. The monoisotopic (exact) mass is 328 g/mol. The molecule has 0 aliphatic heterocycles. The molecule has 0 spiro atoms. The first-order chi connectivity index (χ1) is 11.1. The molecule has 0 amide bonds. The van der Waals surface area contributed by atoms with Crippen molar-refractivity contribution in [3.8, 4) is 22.8 Å². The number of hydrogen-bond donors (Lipinski definition) is 2. The van der Waals surface area contributed by atoms with Crippen LogP contribution in [0.5, 0.6) is 5.75 Å². The zero-order valence-corrected chi connectivity index (χ0v) is 12.6. The van der Waals surface area contributed by atoms with Crippen LogP contribution in [0.4, 0.5) is 0 Å². The number of carboxylic acids is 1. The van der Waals surface area contributed by atoms with Crippen molar-refractivity contribution in [1.29, 1.82) is 0 Å². The van der Waals surface area contributed by atoms with E-state index in [1.165, 1.54) is 0 Å². The lowest BCUT2D eigenvalue weighted by atomic mass is 10.2. The minimum atomic E-state index is -0.930. The van der Waals surface area contributed by atoms with Crippen LogP contribution in [0.15, 0.2) is 53.9 Å². The molecule has 0 aliphatic carbocycles. The predicted molar refractivity (Wildman–Crippen MR) is 84.6 cm³/mol. The first-order valence-electron chi connectivity index (χ1n) is 6.65. The fraction of sp³-hybridized carbons (Fsp3) is 0.0667. The number of phenolic OH excluding ortho intramolecular Hbond substituents is 1. The van der Waals surface area contributed by atoms with Gasteiger partial charge in [-0.05, 0) is 36.4 Å². The van der Waals surface area contributed by atoms with Gasteiger partial charge in [-0.2, -0.15) is 0 Å². The first kappa shape index (κ1) is 15.0. The Morgan fingerprint density at radius 3 is 2.43 bits per heavy atom. The summed E-state index contributed by atoms with van der Waals surface area (Å²) in [5.41, 5.74) is 1.54. The Morgan fingerprint density at radius 2 is 1.78 bits per heavy atom. The minimum Gasteiger partial charge on any atom is -0.508 e. The van der Waals surface area contributed by atoms with Crippen LogP contribution < -0.4 is 0 Å². The topological polar surface area (TPSA) is 101 Å². The van der Waals surface area contributed by atoms with Gasteiger partial charge in [0.2, 0.25) is 0 Å². The van der Waals surface area contributed by atoms with Gasteiger partial charge in [-0.1, -0.05) is 11.8 Å². The second kappa shape index (κ2) is 6.49. The quantitative estimate of drug-likeness (QED) is 0.692. The van der Waals surface area contributed by atoms with Gasteiger partial charge in [0.1, 0.15) is 5.75 Å². The molecule has 0 radical (unpaired) electrons. The molecule has 0 fully saturated rings. The highest BCUT2D eigenvalue weighted by Crippen LogP contribution is 2.28. The van der Waals surface area contributed by atoms with Crippen LogP contribution in [0.2, 0.25) is 0 Å². The molecular formula is C15H12N4O3S. The Hall–Kier alpha value is -2.87. The van der Waals surface area contributed by atoms with Gasteiger partial charge in [-0.25, -0.2) is 0 Å². The van der Waals surface area contributed by atoms with E-state index >= 15 is 0 Å². The summed E-state index contributed by atoms with van der Waals surface area (Å²) in [5, 5.41) is 27.1. The van der Waals surface area contributed by atoms with Crippen molar-refractivity contribution in [3.63, 3.8) is 0 Å². The number of aromatic hydroxyl groups is 1. The summed E-state index contributed by atoms with van der Waals surface area (Å²) < 4.78 is 1.75. The second-order valence-electron chi connectivity index (χ2n) is 4.58. The van der Waals surface area contributed by atoms with Crippen molar-refractivity contribution in [2.75, 3.05) is 5.75 Å². The molecule has 7 nitrogen and oxygen atoms in total. The van der Waals surface area contributed by atoms with Crippen molar-refractivity contribution in [2.45, 2.75) is 5.16 Å². The molecule has 0 atom stereocenters. The number of aliphatic carboxylic acids is 1. The van der Waals surface area contributed by atoms with Crippen LogP contribution >= 0.6 is 11.8 Å². The Balaban J connectivity index is 2.10. The summed E-state index contributed by atoms with van der Waals surface area (Å²) in [4.78, 5) is 14.8. The van der Waals surface area contributed by atoms with Gasteiger partial charge < -0.3 is 10.2 Å². The van der Waals surface area contributed by atoms with E-state index < -0.39 is 5.97 Å². The molecule has 3 aromatic rings. The van der Waals surface area contributed by atoms with Crippen molar-refractivity contribution in [1.82, 2.24) is 19.7 Å². The van der Waals surface area contributed by atoms with Gasteiger partial charge in [0.05, 0.1) is 5.75 Å². The third-order valence-corrected chi connectivity index (χ3v) is 3.92. The van der Waals surface area contributed by atoms with Crippen LogP contribution in [-0.4, -0.2) is 41.7 Å². The lowest BCUT2D eigenvalue weighted by Gasteiger charge is -2.10. The van der Waals surface area contributed by atoms with Crippen molar-refractivity contribution >= 4 is 17.7 Å². The lowest BCUT2D eigenvalue weighted by molar-refractivity contribution is -0.133. The summed E-state index contributed by atoms with van der Waals surface area (Å²) in [5.74, 6) is -0.328.